The second kappa shape index (κ2) is 15.9. The van der Waals surface area contributed by atoms with Gasteiger partial charge in [-0.3, -0.25) is 0 Å². The van der Waals surface area contributed by atoms with Crippen molar-refractivity contribution in [2.45, 2.75) is 27.7 Å². The first-order chi connectivity index (χ1) is 29.9. The molecule has 3 heteroatoms. The number of para-hydroxylation sites is 2. The Bertz CT molecular complexity index is 3050. The maximum Gasteiger partial charge on any atom is 0.0619 e. The van der Waals surface area contributed by atoms with Crippen LogP contribution in [0, 0.1) is 27.7 Å². The van der Waals surface area contributed by atoms with Gasteiger partial charge in [0.2, 0.25) is 0 Å². The molecule has 10 rings (SSSR count). The molecule has 0 spiro atoms. The zero-order valence-corrected chi connectivity index (χ0v) is 35.0. The molecule has 0 fully saturated rings. The van der Waals surface area contributed by atoms with Gasteiger partial charge in [-0.15, -0.1) is 0 Å². The van der Waals surface area contributed by atoms with Crippen molar-refractivity contribution in [2.24, 2.45) is 0 Å². The van der Waals surface area contributed by atoms with Gasteiger partial charge < -0.3 is 14.4 Å². The Morgan fingerprint density at radius 3 is 1.26 bits per heavy atom. The van der Waals surface area contributed by atoms with Crippen LogP contribution in [-0.2, 0) is 0 Å². The molecule has 294 valence electrons. The van der Waals surface area contributed by atoms with Gasteiger partial charge >= 0.3 is 0 Å². The van der Waals surface area contributed by atoms with Crippen LogP contribution in [-0.4, -0.2) is 4.57 Å². The first-order valence-corrected chi connectivity index (χ1v) is 21.1. The summed E-state index contributed by atoms with van der Waals surface area (Å²) in [5.74, 6) is 0. The minimum atomic E-state index is 1.10. The average molecular weight is 786 g/mol. The van der Waals surface area contributed by atoms with Crippen LogP contribution in [0.5, 0.6) is 0 Å². The second-order valence-electron chi connectivity index (χ2n) is 16.2. The molecule has 10 aromatic rings. The molecule has 1 heterocycles. The highest BCUT2D eigenvalue weighted by Gasteiger charge is 2.21. The molecule has 0 N–H and O–H groups in total. The third kappa shape index (κ3) is 7.25. The summed E-state index contributed by atoms with van der Waals surface area (Å²) in [4.78, 5) is 4.72. The highest BCUT2D eigenvalue weighted by atomic mass is 15.1. The normalized spacial score (nSPS) is 11.3. The Morgan fingerprint density at radius 1 is 0.311 bits per heavy atom. The van der Waals surface area contributed by atoms with Gasteiger partial charge in [-0.1, -0.05) is 131 Å². The lowest BCUT2D eigenvalue weighted by Gasteiger charge is -2.27. The van der Waals surface area contributed by atoms with E-state index in [1.807, 2.05) is 0 Å². The third-order valence-corrected chi connectivity index (χ3v) is 11.8. The first-order valence-electron chi connectivity index (χ1n) is 21.1. The number of aromatic nitrogens is 1. The van der Waals surface area contributed by atoms with Crippen molar-refractivity contribution in [1.29, 1.82) is 0 Å². The van der Waals surface area contributed by atoms with E-state index < -0.39 is 0 Å². The van der Waals surface area contributed by atoms with E-state index in [0.717, 1.165) is 56.5 Å². The summed E-state index contributed by atoms with van der Waals surface area (Å²) < 4.78 is 2.45. The van der Waals surface area contributed by atoms with Crippen LogP contribution in [0.3, 0.4) is 0 Å². The van der Waals surface area contributed by atoms with Gasteiger partial charge in [-0.25, -0.2) is 0 Å². The molecule has 0 radical (unpaired) electrons. The van der Waals surface area contributed by atoms with E-state index in [-0.39, 0.29) is 0 Å². The van der Waals surface area contributed by atoms with E-state index in [2.05, 4.69) is 254 Å². The van der Waals surface area contributed by atoms with Crippen LogP contribution in [0.4, 0.5) is 34.1 Å². The van der Waals surface area contributed by atoms with Crippen LogP contribution in [0.2, 0.25) is 0 Å². The van der Waals surface area contributed by atoms with Gasteiger partial charge in [0.15, 0.2) is 0 Å². The summed E-state index contributed by atoms with van der Waals surface area (Å²) in [6, 6.07) is 77.8. The molecule has 0 unspecified atom stereocenters. The highest BCUT2D eigenvalue weighted by molar-refractivity contribution is 6.15. The Balaban J connectivity index is 1.21. The minimum Gasteiger partial charge on any atom is -0.310 e. The van der Waals surface area contributed by atoms with Gasteiger partial charge in [0.1, 0.15) is 0 Å². The number of aryl methyl sites for hydroxylation is 4. The van der Waals surface area contributed by atoms with E-state index in [1.54, 1.807) is 0 Å². The predicted molar refractivity (Wildman–Crippen MR) is 260 cm³/mol. The SMILES string of the molecule is Cc1ccc(N(c2ccc(C)cc2)c2cccc(-c3cc(-c4cccc(N(c5ccc(C)cc5)c5ccc(C)cc5)c4)c4c(c3)c3ccccc3n4-c3ccccc3)c2)cc1. The highest BCUT2D eigenvalue weighted by Crippen LogP contribution is 2.44. The van der Waals surface area contributed by atoms with Gasteiger partial charge in [0.05, 0.1) is 11.0 Å². The van der Waals surface area contributed by atoms with Crippen molar-refractivity contribution in [1.82, 2.24) is 4.57 Å². The largest absolute Gasteiger partial charge is 0.310 e. The van der Waals surface area contributed by atoms with Crippen molar-refractivity contribution < 1.29 is 0 Å². The molecule has 0 bridgehead atoms. The molecule has 3 nitrogen and oxygen atoms in total. The summed E-state index contributed by atoms with van der Waals surface area (Å²) in [5.41, 5.74) is 19.7. The topological polar surface area (TPSA) is 11.4 Å². The molecular weight excluding hydrogens is 739 g/mol. The Kier molecular flexibility index (Phi) is 9.78. The van der Waals surface area contributed by atoms with Gasteiger partial charge in [-0.2, -0.15) is 0 Å². The zero-order chi connectivity index (χ0) is 41.5. The van der Waals surface area contributed by atoms with Crippen LogP contribution < -0.4 is 9.80 Å². The fourth-order valence-electron chi connectivity index (χ4n) is 8.64. The lowest BCUT2D eigenvalue weighted by Crippen LogP contribution is -2.10. The third-order valence-electron chi connectivity index (χ3n) is 11.8. The number of hydrogen-bond acceptors (Lipinski definition) is 2. The van der Waals surface area contributed by atoms with Crippen molar-refractivity contribution >= 4 is 55.9 Å². The fourth-order valence-corrected chi connectivity index (χ4v) is 8.64. The lowest BCUT2D eigenvalue weighted by molar-refractivity contribution is 1.18. The Morgan fingerprint density at radius 2 is 0.754 bits per heavy atom. The van der Waals surface area contributed by atoms with Gasteiger partial charge in [-0.05, 0) is 148 Å². The second-order valence-corrected chi connectivity index (χ2v) is 16.2. The van der Waals surface area contributed by atoms with E-state index >= 15 is 0 Å². The van der Waals surface area contributed by atoms with Gasteiger partial charge in [0, 0.05) is 56.1 Å². The van der Waals surface area contributed by atoms with Crippen LogP contribution in [0.1, 0.15) is 22.3 Å². The number of rotatable bonds is 9. The Hall–Kier alpha value is -7.62. The number of anilines is 6. The summed E-state index contributed by atoms with van der Waals surface area (Å²) >= 11 is 0. The number of fused-ring (bicyclic) bond motifs is 3. The van der Waals surface area contributed by atoms with Crippen LogP contribution >= 0.6 is 0 Å². The van der Waals surface area contributed by atoms with Crippen molar-refractivity contribution in [3.05, 3.63) is 235 Å². The quantitative estimate of drug-likeness (QED) is 0.144. The fraction of sp³-hybridized carbons (Fsp3) is 0.0690. The standard InChI is InChI=1S/C58H47N3/c1-40-20-28-48(29-21-40)59(49-30-22-41(2)23-31-49)52-16-10-12-44(36-52)46-38-55(58-56(39-46)54-18-8-9-19-57(54)61(58)47-14-6-5-7-15-47)45-13-11-17-53(37-45)60(50-32-24-42(3)25-33-50)51-34-26-43(4)27-35-51/h5-39H,1-4H3. The minimum absolute atomic E-state index is 1.10. The molecule has 61 heavy (non-hydrogen) atoms. The molecule has 0 amide bonds. The molecule has 0 saturated carbocycles. The summed E-state index contributed by atoms with van der Waals surface area (Å²) in [6.07, 6.45) is 0. The molecule has 9 aromatic carbocycles. The van der Waals surface area contributed by atoms with Crippen molar-refractivity contribution in [3.63, 3.8) is 0 Å². The van der Waals surface area contributed by atoms with E-state index in [0.29, 0.717) is 0 Å². The lowest BCUT2D eigenvalue weighted by atomic mass is 9.94. The summed E-state index contributed by atoms with van der Waals surface area (Å²) in [5, 5.41) is 2.43. The monoisotopic (exact) mass is 785 g/mol. The van der Waals surface area contributed by atoms with E-state index in [1.165, 1.54) is 49.6 Å². The molecular formula is C58H47N3. The van der Waals surface area contributed by atoms with Crippen molar-refractivity contribution in [2.75, 3.05) is 9.80 Å². The maximum absolute atomic E-state index is 2.45. The van der Waals surface area contributed by atoms with Crippen molar-refractivity contribution in [3.8, 4) is 27.9 Å². The number of nitrogens with zero attached hydrogens (tertiary/aromatic N) is 3. The first kappa shape index (κ1) is 37.6. The molecule has 1 aromatic heterocycles. The smallest absolute Gasteiger partial charge is 0.0619 e. The van der Waals surface area contributed by atoms with E-state index in [4.69, 9.17) is 0 Å². The van der Waals surface area contributed by atoms with Crippen LogP contribution in [0.15, 0.2) is 212 Å². The molecule has 0 aliphatic heterocycles. The van der Waals surface area contributed by atoms with E-state index in [9.17, 15) is 0 Å². The number of hydrogen-bond donors (Lipinski definition) is 0. The van der Waals surface area contributed by atoms with Gasteiger partial charge in [0.25, 0.3) is 0 Å². The Labute approximate surface area is 359 Å². The molecule has 0 atom stereocenters. The predicted octanol–water partition coefficient (Wildman–Crippen LogP) is 16.3. The average Bonchev–Trinajstić information content (AvgIpc) is 3.64. The molecule has 0 aliphatic carbocycles. The number of benzene rings is 9. The maximum atomic E-state index is 2.45. The van der Waals surface area contributed by atoms with Crippen LogP contribution in [0.25, 0.3) is 49.7 Å². The molecule has 0 saturated heterocycles. The molecule has 0 aliphatic rings. The summed E-state index contributed by atoms with van der Waals surface area (Å²) in [6.45, 7) is 8.56. The zero-order valence-electron chi connectivity index (χ0n) is 35.0. The summed E-state index contributed by atoms with van der Waals surface area (Å²) in [7, 11) is 0.